The highest BCUT2D eigenvalue weighted by Crippen LogP contribution is 2.24. The molecule has 4 atom stereocenters. The average Bonchev–Trinajstić information content (AvgIpc) is 2.71. The van der Waals surface area contributed by atoms with E-state index in [9.17, 15) is 24.3 Å². The van der Waals surface area contributed by atoms with Gasteiger partial charge in [0.05, 0.1) is 6.10 Å². The van der Waals surface area contributed by atoms with E-state index in [1.807, 2.05) is 38.2 Å². The van der Waals surface area contributed by atoms with Crippen LogP contribution >= 0.6 is 0 Å². The van der Waals surface area contributed by atoms with Gasteiger partial charge in [0.15, 0.2) is 0 Å². The number of rotatable bonds is 7. The molecule has 0 aliphatic carbocycles. The number of ether oxygens (including phenoxy) is 1. The van der Waals surface area contributed by atoms with E-state index < -0.39 is 24.1 Å². The van der Waals surface area contributed by atoms with Crippen molar-refractivity contribution in [2.24, 2.45) is 17.8 Å². The Balaban J connectivity index is 2.01. The molecule has 2 amide bonds. The van der Waals surface area contributed by atoms with Gasteiger partial charge < -0.3 is 9.84 Å². The molecule has 7 nitrogen and oxygen atoms in total. The average molecular weight is 458 g/mol. The molecule has 0 aromatic heterocycles. The number of aliphatic hydroxyl groups is 1. The molecule has 2 N–H and O–H groups in total. The van der Waals surface area contributed by atoms with Crippen LogP contribution in [0.4, 0.5) is 0 Å². The zero-order chi connectivity index (χ0) is 24.4. The minimum atomic E-state index is -0.921. The van der Waals surface area contributed by atoms with E-state index in [0.29, 0.717) is 0 Å². The molecule has 1 saturated heterocycles. The van der Waals surface area contributed by atoms with E-state index in [1.54, 1.807) is 19.1 Å². The lowest BCUT2D eigenvalue weighted by Gasteiger charge is -2.24. The Labute approximate surface area is 195 Å². The molecule has 0 saturated carbocycles. The van der Waals surface area contributed by atoms with Gasteiger partial charge in [-0.3, -0.25) is 19.7 Å². The van der Waals surface area contributed by atoms with Crippen molar-refractivity contribution in [2.75, 3.05) is 0 Å². The van der Waals surface area contributed by atoms with Crippen LogP contribution in [0.5, 0.6) is 0 Å². The van der Waals surface area contributed by atoms with Crippen molar-refractivity contribution in [3.8, 4) is 0 Å². The van der Waals surface area contributed by atoms with Crippen LogP contribution in [0.1, 0.15) is 59.3 Å². The Morgan fingerprint density at radius 3 is 2.55 bits per heavy atom. The highest BCUT2D eigenvalue weighted by molar-refractivity contribution is 5.97. The van der Waals surface area contributed by atoms with Gasteiger partial charge in [-0.05, 0) is 37.7 Å². The second-order valence-electron chi connectivity index (χ2n) is 9.01. The number of carbonyl (C=O) groups excluding carboxylic acids is 4. The molecule has 33 heavy (non-hydrogen) atoms. The van der Waals surface area contributed by atoms with Crippen LogP contribution in [0.15, 0.2) is 48.1 Å². The fraction of sp³-hybridized carbons (Fsp3) is 0.538. The summed E-state index contributed by atoms with van der Waals surface area (Å²) in [6.45, 7) is 5.53. The Bertz CT molecular complexity index is 837. The van der Waals surface area contributed by atoms with Crippen LogP contribution in [0.3, 0.4) is 0 Å². The molecule has 0 aromatic rings. The van der Waals surface area contributed by atoms with E-state index in [2.05, 4.69) is 5.32 Å². The van der Waals surface area contributed by atoms with Crippen molar-refractivity contribution in [3.05, 3.63) is 48.1 Å². The van der Waals surface area contributed by atoms with E-state index in [1.165, 1.54) is 6.08 Å². The smallest absolute Gasteiger partial charge is 0.331 e. The minimum Gasteiger partial charge on any atom is -0.454 e. The number of piperidine rings is 1. The number of esters is 1. The van der Waals surface area contributed by atoms with Gasteiger partial charge in [0.2, 0.25) is 11.8 Å². The monoisotopic (exact) mass is 457 g/mol. The van der Waals surface area contributed by atoms with Crippen molar-refractivity contribution in [2.45, 2.75) is 71.5 Å². The summed E-state index contributed by atoms with van der Waals surface area (Å²) in [6.07, 6.45) is 13.6. The predicted octanol–water partition coefficient (Wildman–Crippen LogP) is 3.34. The molecule has 7 heteroatoms. The summed E-state index contributed by atoms with van der Waals surface area (Å²) < 4.78 is 5.68. The van der Waals surface area contributed by atoms with E-state index >= 15 is 0 Å². The maximum Gasteiger partial charge on any atom is 0.331 e. The molecule has 0 unspecified atom stereocenters. The molecule has 0 radical (unpaired) electrons. The zero-order valence-electron chi connectivity index (χ0n) is 19.7. The number of Topliss-reactive ketones (excluding diaryl/α,β-unsaturated/α-hetero) is 1. The number of carbonyl (C=O) groups is 4. The first-order valence-corrected chi connectivity index (χ1v) is 11.6. The fourth-order valence-electron chi connectivity index (χ4n) is 4.16. The quantitative estimate of drug-likeness (QED) is 0.345. The van der Waals surface area contributed by atoms with Crippen molar-refractivity contribution >= 4 is 23.6 Å². The largest absolute Gasteiger partial charge is 0.454 e. The number of hydrogen-bond acceptors (Lipinski definition) is 6. The van der Waals surface area contributed by atoms with Gasteiger partial charge in [0.25, 0.3) is 0 Å². The van der Waals surface area contributed by atoms with Crippen molar-refractivity contribution in [3.63, 3.8) is 0 Å². The standard InChI is InChI=1S/C26H35NO6/c1-17-10-8-6-4-5-7-9-11-25(32)33-26(17)19(3)12-18(2)22(29)16-21(28)13-20-14-23(30)27-24(31)15-20/h4,6,8-12,17-18,20-21,26,28H,5,7,13-16H2,1-3H3,(H,27,30,31)/b6-4-,10-8+,11-9+,19-12+/t17-,18-,21+,26+/m0/s1. The van der Waals surface area contributed by atoms with Crippen LogP contribution < -0.4 is 5.32 Å². The lowest BCUT2D eigenvalue weighted by atomic mass is 9.88. The minimum absolute atomic E-state index is 0.0648. The van der Waals surface area contributed by atoms with Crippen LogP contribution in [-0.4, -0.2) is 40.9 Å². The van der Waals surface area contributed by atoms with Gasteiger partial charge in [-0.2, -0.15) is 0 Å². The third kappa shape index (κ3) is 9.30. The molecule has 2 rings (SSSR count). The summed E-state index contributed by atoms with van der Waals surface area (Å²) in [5, 5.41) is 12.6. The lowest BCUT2D eigenvalue weighted by Crippen LogP contribution is -2.39. The second-order valence-corrected chi connectivity index (χ2v) is 9.01. The molecular weight excluding hydrogens is 422 g/mol. The highest BCUT2D eigenvalue weighted by Gasteiger charge is 2.28. The summed E-state index contributed by atoms with van der Waals surface area (Å²) in [4.78, 5) is 47.9. The number of nitrogens with one attached hydrogen (secondary N) is 1. The predicted molar refractivity (Wildman–Crippen MR) is 125 cm³/mol. The first-order chi connectivity index (χ1) is 15.7. The number of aliphatic hydroxyl groups excluding tert-OH is 1. The number of ketones is 1. The second kappa shape index (κ2) is 13.0. The summed E-state index contributed by atoms with van der Waals surface area (Å²) in [6, 6.07) is 0. The van der Waals surface area contributed by atoms with Crippen LogP contribution in [0.25, 0.3) is 0 Å². The van der Waals surface area contributed by atoms with E-state index in [-0.39, 0.29) is 55.1 Å². The Morgan fingerprint density at radius 1 is 1.18 bits per heavy atom. The van der Waals surface area contributed by atoms with Crippen molar-refractivity contribution < 1.29 is 29.0 Å². The lowest BCUT2D eigenvalue weighted by molar-refractivity contribution is -0.142. The summed E-state index contributed by atoms with van der Waals surface area (Å²) >= 11 is 0. The molecular formula is C26H35NO6. The van der Waals surface area contributed by atoms with Crippen molar-refractivity contribution in [1.29, 1.82) is 0 Å². The summed E-state index contributed by atoms with van der Waals surface area (Å²) in [7, 11) is 0. The third-order valence-corrected chi connectivity index (χ3v) is 5.88. The number of cyclic esters (lactones) is 1. The number of amides is 2. The Kier molecular flexibility index (Phi) is 10.5. The van der Waals surface area contributed by atoms with Crippen LogP contribution in [0.2, 0.25) is 0 Å². The van der Waals surface area contributed by atoms with E-state index in [4.69, 9.17) is 4.74 Å². The first-order valence-electron chi connectivity index (χ1n) is 11.6. The number of imide groups is 1. The van der Waals surface area contributed by atoms with E-state index in [0.717, 1.165) is 18.4 Å². The summed E-state index contributed by atoms with van der Waals surface area (Å²) in [5.41, 5.74) is 0.764. The van der Waals surface area contributed by atoms with Gasteiger partial charge in [-0.15, -0.1) is 0 Å². The molecule has 0 bridgehead atoms. The molecule has 1 fully saturated rings. The number of allylic oxidation sites excluding steroid dienone is 5. The highest BCUT2D eigenvalue weighted by atomic mass is 16.5. The normalized spacial score (nSPS) is 27.9. The third-order valence-electron chi connectivity index (χ3n) is 5.88. The summed E-state index contributed by atoms with van der Waals surface area (Å²) in [5.74, 6) is -2.10. The Morgan fingerprint density at radius 2 is 1.85 bits per heavy atom. The van der Waals surface area contributed by atoms with Crippen LogP contribution in [-0.2, 0) is 23.9 Å². The van der Waals surface area contributed by atoms with Gasteiger partial charge in [0, 0.05) is 37.2 Å². The van der Waals surface area contributed by atoms with Gasteiger partial charge in [0.1, 0.15) is 11.9 Å². The van der Waals surface area contributed by atoms with Gasteiger partial charge >= 0.3 is 5.97 Å². The Hall–Kier alpha value is -2.80. The fourth-order valence-corrected chi connectivity index (χ4v) is 4.16. The molecule has 2 aliphatic heterocycles. The molecule has 2 aliphatic rings. The molecule has 2 heterocycles. The maximum atomic E-state index is 12.7. The zero-order valence-corrected chi connectivity index (χ0v) is 19.7. The molecule has 0 spiro atoms. The van der Waals surface area contributed by atoms with Crippen LogP contribution in [0, 0.1) is 17.8 Å². The van der Waals surface area contributed by atoms with Gasteiger partial charge in [-0.25, -0.2) is 4.79 Å². The molecule has 180 valence electrons. The maximum absolute atomic E-state index is 12.7. The van der Waals surface area contributed by atoms with Gasteiger partial charge in [-0.1, -0.05) is 50.3 Å². The molecule has 0 aromatic carbocycles. The topological polar surface area (TPSA) is 110 Å². The van der Waals surface area contributed by atoms with Crippen molar-refractivity contribution in [1.82, 2.24) is 5.32 Å². The first kappa shape index (κ1) is 26.5. The SMILES string of the molecule is C/C(=C\[C@H](C)C(=O)C[C@H](O)CC1CC(=O)NC(=O)C1)[C@@H]1OC(=O)/C=C/CC/C=C\C=C\[C@@H]1C. The number of hydrogen-bond donors (Lipinski definition) is 2.